The van der Waals surface area contributed by atoms with Crippen LogP contribution in [0.5, 0.6) is 0 Å². The number of benzene rings is 8. The Balaban J connectivity index is 1.26. The molecule has 0 atom stereocenters. The van der Waals surface area contributed by atoms with Gasteiger partial charge in [-0.15, -0.1) is 0 Å². The zero-order valence-electron chi connectivity index (χ0n) is 31.2. The summed E-state index contributed by atoms with van der Waals surface area (Å²) in [6.07, 6.45) is 7.35. The normalized spacial score (nSPS) is 12.5. The van der Waals surface area contributed by atoms with E-state index in [-0.39, 0.29) is 0 Å². The van der Waals surface area contributed by atoms with E-state index in [0.29, 0.717) is 0 Å². The Kier molecular flexibility index (Phi) is 6.95. The molecule has 56 heavy (non-hydrogen) atoms. The molecular formula is C52H38N4. The third-order valence-electron chi connectivity index (χ3n) is 12.1. The largest absolute Gasteiger partial charge is 0.405 e. The van der Waals surface area contributed by atoms with Crippen LogP contribution >= 0.6 is 0 Å². The summed E-state index contributed by atoms with van der Waals surface area (Å²) in [6, 6.07) is 53.6. The molecule has 8 aromatic carbocycles. The minimum atomic E-state index is 1.05. The number of nitrogens with two attached hydrogens (primary N) is 2. The quantitative estimate of drug-likeness (QED) is 0.186. The Bertz CT molecular complexity index is 3350. The second kappa shape index (κ2) is 12.1. The molecule has 2 heterocycles. The van der Waals surface area contributed by atoms with Crippen LogP contribution in [0.4, 0.5) is 0 Å². The van der Waals surface area contributed by atoms with E-state index < -0.39 is 0 Å². The van der Waals surface area contributed by atoms with E-state index in [2.05, 4.69) is 169 Å². The van der Waals surface area contributed by atoms with E-state index in [1.54, 1.807) is 12.4 Å². The maximum Gasteiger partial charge on any atom is 0.0615 e. The van der Waals surface area contributed by atoms with E-state index >= 15 is 0 Å². The fourth-order valence-electron chi connectivity index (χ4n) is 9.60. The van der Waals surface area contributed by atoms with E-state index in [1.807, 2.05) is 12.2 Å². The molecule has 1 aliphatic rings. The van der Waals surface area contributed by atoms with Crippen LogP contribution in [0.25, 0.3) is 111 Å². The molecule has 10 aromatic rings. The average Bonchev–Trinajstić information content (AvgIpc) is 3.82. The summed E-state index contributed by atoms with van der Waals surface area (Å²) in [4.78, 5) is 0. The van der Waals surface area contributed by atoms with Gasteiger partial charge in [-0.25, -0.2) is 0 Å². The lowest BCUT2D eigenvalue weighted by atomic mass is 9.92. The highest BCUT2D eigenvalue weighted by Crippen LogP contribution is 2.49. The minimum Gasteiger partial charge on any atom is -0.405 e. The van der Waals surface area contributed by atoms with Gasteiger partial charge in [0.15, 0.2) is 0 Å². The lowest BCUT2D eigenvalue weighted by Gasteiger charge is -2.18. The summed E-state index contributed by atoms with van der Waals surface area (Å²) in [5, 5.41) is 9.83. The number of aromatic nitrogens is 2. The number of hydrogen-bond donors (Lipinski definition) is 2. The van der Waals surface area contributed by atoms with Crippen LogP contribution in [0.3, 0.4) is 0 Å². The van der Waals surface area contributed by atoms with Gasteiger partial charge in [-0.3, -0.25) is 0 Å². The highest BCUT2D eigenvalue weighted by molar-refractivity contribution is 6.18. The standard InChI is InChI=1S/C52H38N4/c1-31-39-14-5-6-19-50(39)55(48(31)22-24-53)37-26-36(27-38(29-37)56-49(23-25-54)32(2)40-21-20-33-10-3-4-15-42(33)52(40)56)41-16-9-13-35-28-46-43-17-7-11-34-12-8-18-44(51(34)43)47(46)30-45(35)41/h3-30H,53-54H2,1-2H3/b24-22-,25-23-. The van der Waals surface area contributed by atoms with E-state index in [1.165, 1.54) is 82.0 Å². The highest BCUT2D eigenvalue weighted by atomic mass is 15.0. The maximum atomic E-state index is 6.22. The van der Waals surface area contributed by atoms with Crippen LogP contribution in [0.1, 0.15) is 22.5 Å². The topological polar surface area (TPSA) is 61.9 Å². The third kappa shape index (κ3) is 4.47. The molecule has 0 radical (unpaired) electrons. The first-order valence-electron chi connectivity index (χ1n) is 19.2. The van der Waals surface area contributed by atoms with Crippen molar-refractivity contribution >= 4 is 66.3 Å². The predicted molar refractivity (Wildman–Crippen MR) is 238 cm³/mol. The summed E-state index contributed by atoms with van der Waals surface area (Å²) in [5.41, 5.74) is 28.7. The van der Waals surface area contributed by atoms with Gasteiger partial charge in [-0.1, -0.05) is 109 Å². The Morgan fingerprint density at radius 2 is 1.02 bits per heavy atom. The van der Waals surface area contributed by atoms with Crippen molar-refractivity contribution in [1.29, 1.82) is 0 Å². The molecule has 4 N–H and O–H groups in total. The lowest BCUT2D eigenvalue weighted by Crippen LogP contribution is -2.03. The van der Waals surface area contributed by atoms with Gasteiger partial charge in [-0.05, 0) is 146 Å². The number of aryl methyl sites for hydroxylation is 2. The van der Waals surface area contributed by atoms with Gasteiger partial charge in [0.1, 0.15) is 0 Å². The minimum absolute atomic E-state index is 1.05. The lowest BCUT2D eigenvalue weighted by molar-refractivity contribution is 1.06. The molecule has 4 nitrogen and oxygen atoms in total. The zero-order chi connectivity index (χ0) is 37.7. The van der Waals surface area contributed by atoms with Gasteiger partial charge in [-0.2, -0.15) is 0 Å². The van der Waals surface area contributed by atoms with Crippen LogP contribution < -0.4 is 11.5 Å². The van der Waals surface area contributed by atoms with Gasteiger partial charge in [0.2, 0.25) is 0 Å². The molecule has 0 spiro atoms. The van der Waals surface area contributed by atoms with Crippen LogP contribution in [-0.4, -0.2) is 9.13 Å². The molecule has 1 aliphatic carbocycles. The second-order valence-electron chi connectivity index (χ2n) is 15.0. The summed E-state index contributed by atoms with van der Waals surface area (Å²) in [6.45, 7) is 4.38. The van der Waals surface area contributed by atoms with Crippen LogP contribution in [0, 0.1) is 13.8 Å². The molecule has 0 amide bonds. The predicted octanol–water partition coefficient (Wildman–Crippen LogP) is 12.8. The summed E-state index contributed by atoms with van der Waals surface area (Å²) in [7, 11) is 0. The molecule has 0 fully saturated rings. The van der Waals surface area contributed by atoms with Crippen molar-refractivity contribution in [3.05, 3.63) is 181 Å². The van der Waals surface area contributed by atoms with Crippen LogP contribution in [-0.2, 0) is 0 Å². The SMILES string of the molecule is Cc1c(/C=C\N)n(-c2cc(-c3cccc4cc5c(cc34)-c3cccc4cccc-5c34)cc(-n3c(/C=C\N)c(C)c4ccc5ccccc5c43)c2)c2ccccc12. The van der Waals surface area contributed by atoms with E-state index in [9.17, 15) is 0 Å². The van der Waals surface area contributed by atoms with Crippen molar-refractivity contribution in [3.63, 3.8) is 0 Å². The van der Waals surface area contributed by atoms with Gasteiger partial charge in [0.25, 0.3) is 0 Å². The third-order valence-corrected chi connectivity index (χ3v) is 12.1. The molecular weight excluding hydrogens is 681 g/mol. The second-order valence-corrected chi connectivity index (χ2v) is 15.0. The van der Waals surface area contributed by atoms with Crippen molar-refractivity contribution in [1.82, 2.24) is 9.13 Å². The molecule has 266 valence electrons. The first-order valence-corrected chi connectivity index (χ1v) is 19.2. The first kappa shape index (κ1) is 32.2. The Morgan fingerprint density at radius 3 is 1.77 bits per heavy atom. The Hall–Kier alpha value is -7.30. The molecule has 0 unspecified atom stereocenters. The maximum absolute atomic E-state index is 6.22. The van der Waals surface area contributed by atoms with E-state index in [4.69, 9.17) is 11.5 Å². The summed E-state index contributed by atoms with van der Waals surface area (Å²) >= 11 is 0. The number of para-hydroxylation sites is 1. The average molecular weight is 719 g/mol. The van der Waals surface area contributed by atoms with E-state index in [0.717, 1.165) is 39.4 Å². The van der Waals surface area contributed by atoms with Crippen molar-refractivity contribution in [2.45, 2.75) is 13.8 Å². The van der Waals surface area contributed by atoms with Crippen LogP contribution in [0.15, 0.2) is 158 Å². The van der Waals surface area contributed by atoms with Crippen molar-refractivity contribution < 1.29 is 0 Å². The number of rotatable bonds is 5. The molecule has 11 rings (SSSR count). The molecule has 0 saturated carbocycles. The highest BCUT2D eigenvalue weighted by Gasteiger charge is 2.24. The fourth-order valence-corrected chi connectivity index (χ4v) is 9.60. The summed E-state index contributed by atoms with van der Waals surface area (Å²) < 4.78 is 4.76. The van der Waals surface area contributed by atoms with Crippen LogP contribution in [0.2, 0.25) is 0 Å². The van der Waals surface area contributed by atoms with Gasteiger partial charge in [0.05, 0.1) is 22.4 Å². The summed E-state index contributed by atoms with van der Waals surface area (Å²) in [5.74, 6) is 0. The smallest absolute Gasteiger partial charge is 0.0615 e. The van der Waals surface area contributed by atoms with Crippen molar-refractivity contribution in [2.24, 2.45) is 11.5 Å². The Morgan fingerprint density at radius 1 is 0.429 bits per heavy atom. The van der Waals surface area contributed by atoms with Gasteiger partial charge >= 0.3 is 0 Å². The van der Waals surface area contributed by atoms with Gasteiger partial charge < -0.3 is 20.6 Å². The molecule has 0 saturated heterocycles. The fraction of sp³-hybridized carbons (Fsp3) is 0.0385. The van der Waals surface area contributed by atoms with Crippen molar-refractivity contribution in [3.8, 4) is 44.8 Å². The number of hydrogen-bond acceptors (Lipinski definition) is 2. The molecule has 0 bridgehead atoms. The first-order chi connectivity index (χ1) is 27.5. The van der Waals surface area contributed by atoms with Gasteiger partial charge in [0, 0.05) is 27.5 Å². The number of fused-ring (bicyclic) bond motifs is 8. The number of nitrogens with zero attached hydrogens (tertiary/aromatic N) is 2. The molecule has 4 heteroatoms. The Labute approximate surface area is 324 Å². The van der Waals surface area contributed by atoms with Crippen molar-refractivity contribution in [2.75, 3.05) is 0 Å². The molecule has 2 aromatic heterocycles. The monoisotopic (exact) mass is 718 g/mol. The zero-order valence-corrected chi connectivity index (χ0v) is 31.2. The molecule has 0 aliphatic heterocycles.